The van der Waals surface area contributed by atoms with Crippen molar-refractivity contribution in [2.45, 2.75) is 0 Å². The molecule has 0 saturated heterocycles. The fourth-order valence-corrected chi connectivity index (χ4v) is 3.55. The van der Waals surface area contributed by atoms with Crippen LogP contribution in [-0.4, -0.2) is 21.5 Å². The minimum absolute atomic E-state index is 0.119. The van der Waals surface area contributed by atoms with Crippen LogP contribution >= 0.6 is 0 Å². The Labute approximate surface area is 136 Å². The Balaban J connectivity index is 0.000000422. The molecule has 2 rings (SSSR count). The number of methoxy groups -OCH3 is 2. The van der Waals surface area contributed by atoms with Gasteiger partial charge >= 0.3 is 28.5 Å². The molecule has 22 heavy (non-hydrogen) atoms. The fraction of sp³-hybridized carbons (Fsp3) is 0.143. The van der Waals surface area contributed by atoms with E-state index in [-0.39, 0.29) is 21.2 Å². The molecule has 0 atom stereocenters. The first-order valence-corrected chi connectivity index (χ1v) is 8.28. The lowest BCUT2D eigenvalue weighted by Gasteiger charge is -1.97. The molecule has 0 aliphatic carbocycles. The van der Waals surface area contributed by atoms with E-state index < -0.39 is 7.25 Å². The summed E-state index contributed by atoms with van der Waals surface area (Å²) >= 11 is -0.119. The van der Waals surface area contributed by atoms with Gasteiger partial charge < -0.3 is 26.7 Å². The fourth-order valence-electron chi connectivity index (χ4n) is 1.39. The second-order valence-corrected chi connectivity index (χ2v) is 6.94. The van der Waals surface area contributed by atoms with E-state index in [9.17, 15) is 17.3 Å². The molecule has 0 N–H and O–H groups in total. The zero-order chi connectivity index (χ0) is 16.6. The SMILES string of the molecule is COc1ccc([I+]c2ccc(OC)cc2)cc1.F[B-](F)(F)F. The molecule has 0 aliphatic rings. The summed E-state index contributed by atoms with van der Waals surface area (Å²) in [6.07, 6.45) is 0. The quantitative estimate of drug-likeness (QED) is 0.414. The monoisotopic (exact) mass is 428 g/mol. The van der Waals surface area contributed by atoms with E-state index in [0.717, 1.165) is 11.5 Å². The predicted molar refractivity (Wildman–Crippen MR) is 73.6 cm³/mol. The van der Waals surface area contributed by atoms with Gasteiger partial charge in [-0.05, 0) is 48.5 Å². The summed E-state index contributed by atoms with van der Waals surface area (Å²) in [4.78, 5) is 0. The van der Waals surface area contributed by atoms with Gasteiger partial charge in [-0.2, -0.15) is 0 Å². The van der Waals surface area contributed by atoms with Gasteiger partial charge in [-0.15, -0.1) is 0 Å². The molecule has 0 fully saturated rings. The van der Waals surface area contributed by atoms with Gasteiger partial charge in [0, 0.05) is 0 Å². The van der Waals surface area contributed by atoms with Crippen LogP contribution in [0.2, 0.25) is 0 Å². The van der Waals surface area contributed by atoms with Crippen LogP contribution in [0.15, 0.2) is 48.5 Å². The van der Waals surface area contributed by atoms with Gasteiger partial charge in [-0.25, -0.2) is 0 Å². The van der Waals surface area contributed by atoms with Crippen LogP contribution in [0.4, 0.5) is 17.3 Å². The van der Waals surface area contributed by atoms with Crippen LogP contribution in [0.5, 0.6) is 11.5 Å². The second-order valence-electron chi connectivity index (χ2n) is 3.91. The van der Waals surface area contributed by atoms with Crippen LogP contribution in [0.3, 0.4) is 0 Å². The van der Waals surface area contributed by atoms with E-state index in [1.165, 1.54) is 7.14 Å². The normalized spacial score (nSPS) is 10.5. The zero-order valence-electron chi connectivity index (χ0n) is 11.9. The maximum atomic E-state index is 9.75. The van der Waals surface area contributed by atoms with E-state index in [0.29, 0.717) is 0 Å². The maximum Gasteiger partial charge on any atom is 0.673 e. The summed E-state index contributed by atoms with van der Waals surface area (Å²) < 4.78 is 52.1. The Morgan fingerprint density at radius 1 is 0.682 bits per heavy atom. The number of ether oxygens (including phenoxy) is 2. The Kier molecular flexibility index (Phi) is 7.50. The summed E-state index contributed by atoms with van der Waals surface area (Å²) in [7, 11) is -2.62. The molecule has 0 unspecified atom stereocenters. The molecular formula is C14H14BF4IO2. The van der Waals surface area contributed by atoms with Gasteiger partial charge in [0.25, 0.3) is 0 Å². The Bertz CT molecular complexity index is 507. The van der Waals surface area contributed by atoms with Crippen molar-refractivity contribution in [3.05, 3.63) is 55.7 Å². The smallest absolute Gasteiger partial charge is 0.497 e. The van der Waals surface area contributed by atoms with Crippen molar-refractivity contribution in [2.24, 2.45) is 0 Å². The summed E-state index contributed by atoms with van der Waals surface area (Å²) in [6, 6.07) is 16.6. The number of halogens is 5. The van der Waals surface area contributed by atoms with Crippen molar-refractivity contribution in [3.8, 4) is 11.5 Å². The molecule has 8 heteroatoms. The van der Waals surface area contributed by atoms with Crippen LogP contribution in [0.25, 0.3) is 0 Å². The van der Waals surface area contributed by atoms with E-state index >= 15 is 0 Å². The van der Waals surface area contributed by atoms with Crippen molar-refractivity contribution >= 4 is 7.25 Å². The van der Waals surface area contributed by atoms with E-state index in [2.05, 4.69) is 24.3 Å². The molecule has 0 aliphatic heterocycles. The molecule has 0 aromatic heterocycles. The summed E-state index contributed by atoms with van der Waals surface area (Å²) in [5.74, 6) is 1.82. The maximum absolute atomic E-state index is 9.75. The van der Waals surface area contributed by atoms with Gasteiger partial charge in [-0.3, -0.25) is 0 Å². The molecule has 0 amide bonds. The highest BCUT2D eigenvalue weighted by atomic mass is 127. The lowest BCUT2D eigenvalue weighted by atomic mass is 10.3. The predicted octanol–water partition coefficient (Wildman–Crippen LogP) is 1.13. The largest absolute Gasteiger partial charge is 0.673 e. The Hall–Kier alpha value is -1.45. The molecule has 0 heterocycles. The van der Waals surface area contributed by atoms with Crippen LogP contribution in [-0.2, 0) is 0 Å². The molecule has 0 radical (unpaired) electrons. The summed E-state index contributed by atoms with van der Waals surface area (Å²) in [6.45, 7) is 0. The van der Waals surface area contributed by atoms with Crippen molar-refractivity contribution in [3.63, 3.8) is 0 Å². The lowest BCUT2D eigenvalue weighted by molar-refractivity contribution is -0.597. The third kappa shape index (κ3) is 8.11. The van der Waals surface area contributed by atoms with Gasteiger partial charge in [-0.1, -0.05) is 0 Å². The average molecular weight is 428 g/mol. The molecular weight excluding hydrogens is 414 g/mol. The Morgan fingerprint density at radius 3 is 1.18 bits per heavy atom. The number of hydrogen-bond donors (Lipinski definition) is 0. The summed E-state index contributed by atoms with van der Waals surface area (Å²) in [5.41, 5.74) is 0. The van der Waals surface area contributed by atoms with Crippen molar-refractivity contribution in [2.75, 3.05) is 14.2 Å². The van der Waals surface area contributed by atoms with Gasteiger partial charge in [0.15, 0.2) is 7.14 Å². The van der Waals surface area contributed by atoms with Gasteiger partial charge in [0.05, 0.1) is 14.2 Å². The van der Waals surface area contributed by atoms with Gasteiger partial charge in [0.1, 0.15) is 11.5 Å². The first kappa shape index (κ1) is 18.6. The van der Waals surface area contributed by atoms with E-state index in [4.69, 9.17) is 9.47 Å². The molecule has 0 spiro atoms. The number of benzene rings is 2. The van der Waals surface area contributed by atoms with E-state index in [1.54, 1.807) is 14.2 Å². The highest BCUT2D eigenvalue weighted by Gasteiger charge is 2.20. The second kappa shape index (κ2) is 8.87. The van der Waals surface area contributed by atoms with Crippen molar-refractivity contribution < 1.29 is 47.9 Å². The standard InChI is InChI=1S/C14H14IO2.BF4/c1-16-13-7-3-11(4-8-13)15-12-5-9-14(17-2)10-6-12;2-1(3,4)5/h3-10H,1-2H3;/q+1;-1. The first-order chi connectivity index (χ1) is 10.3. The summed E-state index contributed by atoms with van der Waals surface area (Å²) in [5, 5.41) is 0. The van der Waals surface area contributed by atoms with Gasteiger partial charge in [0.2, 0.25) is 0 Å². The first-order valence-electron chi connectivity index (χ1n) is 6.12. The topological polar surface area (TPSA) is 18.5 Å². The minimum Gasteiger partial charge on any atom is -0.497 e. The van der Waals surface area contributed by atoms with Crippen LogP contribution in [0.1, 0.15) is 0 Å². The average Bonchev–Trinajstić information content (AvgIpc) is 2.47. The molecule has 0 bridgehead atoms. The Morgan fingerprint density at radius 2 is 0.955 bits per heavy atom. The van der Waals surface area contributed by atoms with Crippen LogP contribution in [0, 0.1) is 7.14 Å². The third-order valence-corrected chi connectivity index (χ3v) is 5.00. The highest BCUT2D eigenvalue weighted by Crippen LogP contribution is 2.08. The molecule has 120 valence electrons. The molecule has 2 nitrogen and oxygen atoms in total. The lowest BCUT2D eigenvalue weighted by Crippen LogP contribution is -3.61. The zero-order valence-corrected chi connectivity index (χ0v) is 14.1. The third-order valence-electron chi connectivity index (χ3n) is 2.32. The minimum atomic E-state index is -6.00. The van der Waals surface area contributed by atoms with Crippen molar-refractivity contribution in [1.82, 2.24) is 0 Å². The molecule has 2 aromatic rings. The molecule has 0 saturated carbocycles. The molecule has 2 aromatic carbocycles. The van der Waals surface area contributed by atoms with E-state index in [1.807, 2.05) is 24.3 Å². The van der Waals surface area contributed by atoms with Crippen molar-refractivity contribution in [1.29, 1.82) is 0 Å². The highest BCUT2D eigenvalue weighted by molar-refractivity contribution is 6.50. The number of hydrogen-bond acceptors (Lipinski definition) is 2. The number of rotatable bonds is 4. The van der Waals surface area contributed by atoms with Crippen LogP contribution < -0.4 is 30.7 Å².